The molecule has 3 heterocycles. The Labute approximate surface area is 126 Å². The highest BCUT2D eigenvalue weighted by atomic mass is 15.2. The van der Waals surface area contributed by atoms with Crippen molar-refractivity contribution in [2.45, 2.75) is 25.2 Å². The highest BCUT2D eigenvalue weighted by molar-refractivity contribution is 5.71. The number of fused-ring (bicyclic) bond motifs is 1. The van der Waals surface area contributed by atoms with Gasteiger partial charge in [-0.05, 0) is 56.1 Å². The molecular weight excluding hydrogens is 258 g/mol. The first-order chi connectivity index (χ1) is 10.4. The van der Waals surface area contributed by atoms with Crippen molar-refractivity contribution < 1.29 is 0 Å². The maximum Gasteiger partial charge on any atom is 0.0672 e. The third-order valence-electron chi connectivity index (χ3n) is 4.72. The van der Waals surface area contributed by atoms with Gasteiger partial charge in [0, 0.05) is 24.3 Å². The van der Waals surface area contributed by atoms with Crippen LogP contribution >= 0.6 is 0 Å². The molecule has 0 atom stereocenters. The molecule has 108 valence electrons. The maximum atomic E-state index is 4.75. The van der Waals surface area contributed by atoms with Gasteiger partial charge in [0.2, 0.25) is 0 Å². The van der Waals surface area contributed by atoms with E-state index in [9.17, 15) is 0 Å². The van der Waals surface area contributed by atoms with Crippen molar-refractivity contribution in [3.8, 4) is 0 Å². The molecule has 1 N–H and O–H groups in total. The standard InChI is InChI=1S/C18H21N3/c1-2-5-16-14(4-1)9-13-21(16)17-6-3-10-20-18(17)15-7-11-19-12-8-15/h1-6,10,15,19H,7-9,11-13H2. The van der Waals surface area contributed by atoms with E-state index in [2.05, 4.69) is 46.6 Å². The lowest BCUT2D eigenvalue weighted by Crippen LogP contribution is -2.28. The van der Waals surface area contributed by atoms with Crippen molar-refractivity contribution in [2.24, 2.45) is 0 Å². The minimum absolute atomic E-state index is 0.593. The second-order valence-electron chi connectivity index (χ2n) is 5.96. The van der Waals surface area contributed by atoms with Crippen molar-refractivity contribution in [1.29, 1.82) is 0 Å². The van der Waals surface area contributed by atoms with E-state index in [-0.39, 0.29) is 0 Å². The minimum atomic E-state index is 0.593. The molecular formula is C18H21N3. The van der Waals surface area contributed by atoms with Gasteiger partial charge in [-0.15, -0.1) is 0 Å². The van der Waals surface area contributed by atoms with Crippen LogP contribution in [0.3, 0.4) is 0 Å². The molecule has 2 aromatic rings. The Hall–Kier alpha value is -1.87. The maximum absolute atomic E-state index is 4.75. The van der Waals surface area contributed by atoms with Crippen LogP contribution in [0.2, 0.25) is 0 Å². The fraction of sp³-hybridized carbons (Fsp3) is 0.389. The summed E-state index contributed by atoms with van der Waals surface area (Å²) >= 11 is 0. The summed E-state index contributed by atoms with van der Waals surface area (Å²) in [6.45, 7) is 3.29. The SMILES string of the molecule is c1ccc2c(c1)CCN2c1cccnc1C1CCNCC1. The van der Waals surface area contributed by atoms with Crippen molar-refractivity contribution in [1.82, 2.24) is 10.3 Å². The molecule has 4 rings (SSSR count). The first-order valence-corrected chi connectivity index (χ1v) is 7.94. The van der Waals surface area contributed by atoms with E-state index < -0.39 is 0 Å². The fourth-order valence-corrected chi connectivity index (χ4v) is 3.64. The molecule has 2 aliphatic heterocycles. The lowest BCUT2D eigenvalue weighted by Gasteiger charge is -2.28. The van der Waals surface area contributed by atoms with Crippen LogP contribution < -0.4 is 10.2 Å². The second kappa shape index (κ2) is 5.49. The van der Waals surface area contributed by atoms with Gasteiger partial charge in [0.25, 0.3) is 0 Å². The van der Waals surface area contributed by atoms with E-state index in [1.54, 1.807) is 0 Å². The molecule has 0 bridgehead atoms. The number of aromatic nitrogens is 1. The molecule has 3 heteroatoms. The average molecular weight is 279 g/mol. The van der Waals surface area contributed by atoms with Crippen LogP contribution in [0.5, 0.6) is 0 Å². The van der Waals surface area contributed by atoms with E-state index in [0.29, 0.717) is 5.92 Å². The number of nitrogens with one attached hydrogen (secondary N) is 1. The first-order valence-electron chi connectivity index (χ1n) is 7.94. The zero-order valence-electron chi connectivity index (χ0n) is 12.3. The number of benzene rings is 1. The highest BCUT2D eigenvalue weighted by Crippen LogP contribution is 2.39. The van der Waals surface area contributed by atoms with Gasteiger partial charge in [0.05, 0.1) is 11.4 Å². The monoisotopic (exact) mass is 279 g/mol. The highest BCUT2D eigenvalue weighted by Gasteiger charge is 2.26. The Kier molecular flexibility index (Phi) is 3.36. The number of anilines is 2. The normalized spacial score (nSPS) is 18.8. The van der Waals surface area contributed by atoms with Gasteiger partial charge in [-0.25, -0.2) is 0 Å². The summed E-state index contributed by atoms with van der Waals surface area (Å²) in [6.07, 6.45) is 5.47. The number of nitrogens with zero attached hydrogens (tertiary/aromatic N) is 2. The molecule has 3 nitrogen and oxygen atoms in total. The molecule has 21 heavy (non-hydrogen) atoms. The molecule has 1 fully saturated rings. The molecule has 1 aromatic carbocycles. The third-order valence-corrected chi connectivity index (χ3v) is 4.72. The summed E-state index contributed by atoms with van der Waals surface area (Å²) in [5, 5.41) is 3.45. The predicted molar refractivity (Wildman–Crippen MR) is 86.2 cm³/mol. The number of rotatable bonds is 2. The summed E-state index contributed by atoms with van der Waals surface area (Å²) in [4.78, 5) is 7.21. The number of pyridine rings is 1. The van der Waals surface area contributed by atoms with Gasteiger partial charge in [-0.2, -0.15) is 0 Å². The largest absolute Gasteiger partial charge is 0.339 e. The van der Waals surface area contributed by atoms with Crippen LogP contribution in [0, 0.1) is 0 Å². The molecule has 0 amide bonds. The van der Waals surface area contributed by atoms with E-state index >= 15 is 0 Å². The molecule has 0 saturated carbocycles. The van der Waals surface area contributed by atoms with Crippen molar-refractivity contribution in [3.63, 3.8) is 0 Å². The van der Waals surface area contributed by atoms with Crippen LogP contribution in [0.25, 0.3) is 0 Å². The first kappa shape index (κ1) is 12.8. The van der Waals surface area contributed by atoms with E-state index in [0.717, 1.165) is 26.1 Å². The van der Waals surface area contributed by atoms with Crippen molar-refractivity contribution >= 4 is 11.4 Å². The summed E-state index contributed by atoms with van der Waals surface area (Å²) in [7, 11) is 0. The van der Waals surface area contributed by atoms with E-state index in [4.69, 9.17) is 4.98 Å². The van der Waals surface area contributed by atoms with Gasteiger partial charge < -0.3 is 10.2 Å². The van der Waals surface area contributed by atoms with Crippen molar-refractivity contribution in [2.75, 3.05) is 24.5 Å². The molecule has 0 unspecified atom stereocenters. The number of para-hydroxylation sites is 1. The third kappa shape index (κ3) is 2.32. The zero-order valence-corrected chi connectivity index (χ0v) is 12.3. The lowest BCUT2D eigenvalue weighted by molar-refractivity contribution is 0.453. The summed E-state index contributed by atoms with van der Waals surface area (Å²) in [5.74, 6) is 0.593. The zero-order chi connectivity index (χ0) is 14.1. The van der Waals surface area contributed by atoms with Gasteiger partial charge in [-0.1, -0.05) is 18.2 Å². The predicted octanol–water partition coefficient (Wildman–Crippen LogP) is 3.24. The van der Waals surface area contributed by atoms with Crippen LogP contribution in [-0.4, -0.2) is 24.6 Å². The van der Waals surface area contributed by atoms with E-state index in [1.165, 1.54) is 35.5 Å². The van der Waals surface area contributed by atoms with Gasteiger partial charge in [0.1, 0.15) is 0 Å². The Balaban J connectivity index is 1.73. The van der Waals surface area contributed by atoms with E-state index in [1.807, 2.05) is 6.20 Å². The Morgan fingerprint density at radius 1 is 1.00 bits per heavy atom. The topological polar surface area (TPSA) is 28.2 Å². The van der Waals surface area contributed by atoms with Crippen LogP contribution in [0.4, 0.5) is 11.4 Å². The number of hydrogen-bond acceptors (Lipinski definition) is 3. The van der Waals surface area contributed by atoms with Gasteiger partial charge in [-0.3, -0.25) is 4.98 Å². The van der Waals surface area contributed by atoms with Crippen LogP contribution in [0.1, 0.15) is 30.0 Å². The summed E-state index contributed by atoms with van der Waals surface area (Å²) < 4.78 is 0. The second-order valence-corrected chi connectivity index (χ2v) is 5.96. The molecule has 1 saturated heterocycles. The Morgan fingerprint density at radius 3 is 2.71 bits per heavy atom. The van der Waals surface area contributed by atoms with Crippen molar-refractivity contribution in [3.05, 3.63) is 53.9 Å². The fourth-order valence-electron chi connectivity index (χ4n) is 3.64. The molecule has 0 radical (unpaired) electrons. The quantitative estimate of drug-likeness (QED) is 0.914. The summed E-state index contributed by atoms with van der Waals surface area (Å²) in [5.41, 5.74) is 5.42. The molecule has 1 aromatic heterocycles. The average Bonchev–Trinajstić information content (AvgIpc) is 3.00. The number of piperidine rings is 1. The molecule has 0 spiro atoms. The lowest BCUT2D eigenvalue weighted by atomic mass is 9.92. The smallest absolute Gasteiger partial charge is 0.0672 e. The number of hydrogen-bond donors (Lipinski definition) is 1. The minimum Gasteiger partial charge on any atom is -0.339 e. The van der Waals surface area contributed by atoms with Crippen LogP contribution in [-0.2, 0) is 6.42 Å². The molecule has 0 aliphatic carbocycles. The van der Waals surface area contributed by atoms with Crippen LogP contribution in [0.15, 0.2) is 42.6 Å². The van der Waals surface area contributed by atoms with Gasteiger partial charge in [0.15, 0.2) is 0 Å². The summed E-state index contributed by atoms with van der Waals surface area (Å²) in [6, 6.07) is 13.1. The van der Waals surface area contributed by atoms with Gasteiger partial charge >= 0.3 is 0 Å². The Bertz CT molecular complexity index is 632. The molecule has 2 aliphatic rings. The Morgan fingerprint density at radius 2 is 1.81 bits per heavy atom.